The summed E-state index contributed by atoms with van der Waals surface area (Å²) in [4.78, 5) is 0. The molecule has 0 aliphatic rings. The van der Waals surface area contributed by atoms with Crippen LogP contribution in [0.5, 0.6) is 0 Å². The third kappa shape index (κ3) is 4.96. The van der Waals surface area contributed by atoms with Crippen molar-refractivity contribution >= 4 is 0 Å². The van der Waals surface area contributed by atoms with E-state index < -0.39 is 0 Å². The fourth-order valence-electron chi connectivity index (χ4n) is 1.47. The number of benzene rings is 1. The van der Waals surface area contributed by atoms with Crippen molar-refractivity contribution in [1.82, 2.24) is 5.32 Å². The summed E-state index contributed by atoms with van der Waals surface area (Å²) in [6.07, 6.45) is 0. The maximum Gasteiger partial charge on any atom is 0.0616 e. The van der Waals surface area contributed by atoms with Gasteiger partial charge in [0.25, 0.3) is 0 Å². The van der Waals surface area contributed by atoms with Gasteiger partial charge in [-0.25, -0.2) is 0 Å². The van der Waals surface area contributed by atoms with Crippen LogP contribution < -0.4 is 5.32 Å². The van der Waals surface area contributed by atoms with E-state index in [9.17, 15) is 0 Å². The van der Waals surface area contributed by atoms with Gasteiger partial charge in [-0.3, -0.25) is 0 Å². The first-order valence-electron chi connectivity index (χ1n) is 5.59. The minimum atomic E-state index is 0.408. The average molecular weight is 207 g/mol. The second-order valence-electron chi connectivity index (χ2n) is 3.93. The molecule has 0 radical (unpaired) electrons. The van der Waals surface area contributed by atoms with Crippen LogP contribution in [-0.2, 0) is 11.3 Å². The summed E-state index contributed by atoms with van der Waals surface area (Å²) in [6, 6.07) is 8.98. The van der Waals surface area contributed by atoms with Crippen LogP contribution in [0.4, 0.5) is 0 Å². The molecule has 15 heavy (non-hydrogen) atoms. The van der Waals surface area contributed by atoms with Crippen LogP contribution in [0.15, 0.2) is 24.3 Å². The maximum atomic E-state index is 5.34. The molecule has 1 atom stereocenters. The zero-order valence-electron chi connectivity index (χ0n) is 9.92. The van der Waals surface area contributed by atoms with Crippen LogP contribution in [0, 0.1) is 6.92 Å². The van der Waals surface area contributed by atoms with Crippen LogP contribution in [0.3, 0.4) is 0 Å². The molecule has 84 valence electrons. The van der Waals surface area contributed by atoms with Gasteiger partial charge < -0.3 is 10.1 Å². The normalized spacial score (nSPS) is 12.7. The fourth-order valence-corrected chi connectivity index (χ4v) is 1.47. The van der Waals surface area contributed by atoms with E-state index >= 15 is 0 Å². The van der Waals surface area contributed by atoms with E-state index in [1.807, 2.05) is 6.92 Å². The van der Waals surface area contributed by atoms with Crippen molar-refractivity contribution in [3.63, 3.8) is 0 Å². The number of rotatable bonds is 6. The number of hydrogen-bond acceptors (Lipinski definition) is 2. The second-order valence-corrected chi connectivity index (χ2v) is 3.93. The molecular formula is C13H21NO. The lowest BCUT2D eigenvalue weighted by molar-refractivity contribution is 0.127. The Morgan fingerprint density at radius 2 is 2.20 bits per heavy atom. The minimum absolute atomic E-state index is 0.408. The lowest BCUT2D eigenvalue weighted by Gasteiger charge is -2.13. The Balaban J connectivity index is 2.30. The summed E-state index contributed by atoms with van der Waals surface area (Å²) in [7, 11) is 0. The van der Waals surface area contributed by atoms with Gasteiger partial charge in [0.15, 0.2) is 0 Å². The van der Waals surface area contributed by atoms with Gasteiger partial charge in [0.05, 0.1) is 6.61 Å². The lowest BCUT2D eigenvalue weighted by atomic mass is 10.1. The van der Waals surface area contributed by atoms with Crippen molar-refractivity contribution in [2.45, 2.75) is 33.4 Å². The van der Waals surface area contributed by atoms with E-state index in [4.69, 9.17) is 4.74 Å². The third-order valence-electron chi connectivity index (χ3n) is 2.31. The maximum absolute atomic E-state index is 5.34. The molecule has 0 saturated heterocycles. The van der Waals surface area contributed by atoms with Crippen molar-refractivity contribution in [2.24, 2.45) is 0 Å². The van der Waals surface area contributed by atoms with Crippen LogP contribution in [0.25, 0.3) is 0 Å². The first-order chi connectivity index (χ1) is 7.22. The largest absolute Gasteiger partial charge is 0.380 e. The number of ether oxygens (including phenoxy) is 1. The molecule has 1 unspecified atom stereocenters. The first kappa shape index (κ1) is 12.2. The predicted octanol–water partition coefficient (Wildman–Crippen LogP) is 2.51. The van der Waals surface area contributed by atoms with Gasteiger partial charge in [0.2, 0.25) is 0 Å². The summed E-state index contributed by atoms with van der Waals surface area (Å²) < 4.78 is 5.34. The highest BCUT2D eigenvalue weighted by molar-refractivity contribution is 5.21. The molecule has 1 N–H and O–H groups in total. The molecule has 1 aromatic rings. The Morgan fingerprint density at radius 3 is 2.87 bits per heavy atom. The molecule has 0 aromatic heterocycles. The van der Waals surface area contributed by atoms with Gasteiger partial charge in [-0.1, -0.05) is 29.8 Å². The molecule has 0 aliphatic heterocycles. The second kappa shape index (κ2) is 6.59. The van der Waals surface area contributed by atoms with Gasteiger partial charge in [0, 0.05) is 19.2 Å². The van der Waals surface area contributed by atoms with Crippen molar-refractivity contribution < 1.29 is 4.74 Å². The summed E-state index contributed by atoms with van der Waals surface area (Å²) in [6.45, 7) is 8.76. The highest BCUT2D eigenvalue weighted by atomic mass is 16.5. The van der Waals surface area contributed by atoms with Gasteiger partial charge in [-0.05, 0) is 26.3 Å². The van der Waals surface area contributed by atoms with Gasteiger partial charge in [0.1, 0.15) is 0 Å². The zero-order valence-corrected chi connectivity index (χ0v) is 9.92. The highest BCUT2D eigenvalue weighted by Crippen LogP contribution is 2.03. The Kier molecular flexibility index (Phi) is 5.37. The molecule has 2 nitrogen and oxygen atoms in total. The van der Waals surface area contributed by atoms with E-state index in [2.05, 4.69) is 43.4 Å². The first-order valence-corrected chi connectivity index (χ1v) is 5.59. The standard InChI is InChI=1S/C13H21NO/c1-4-15-10-12(3)14-9-13-7-5-6-11(2)8-13/h5-8,12,14H,4,9-10H2,1-3H3. The summed E-state index contributed by atoms with van der Waals surface area (Å²) in [5.74, 6) is 0. The molecule has 2 heteroatoms. The van der Waals surface area contributed by atoms with E-state index in [0.29, 0.717) is 6.04 Å². The van der Waals surface area contributed by atoms with E-state index in [0.717, 1.165) is 19.8 Å². The fraction of sp³-hybridized carbons (Fsp3) is 0.538. The Labute approximate surface area is 92.6 Å². The molecular weight excluding hydrogens is 186 g/mol. The van der Waals surface area contributed by atoms with Crippen LogP contribution in [-0.4, -0.2) is 19.3 Å². The summed E-state index contributed by atoms with van der Waals surface area (Å²) in [5, 5.41) is 3.44. The Bertz CT molecular complexity index is 286. The number of hydrogen-bond donors (Lipinski definition) is 1. The minimum Gasteiger partial charge on any atom is -0.380 e. The lowest BCUT2D eigenvalue weighted by Crippen LogP contribution is -2.30. The molecule has 1 rings (SSSR count). The van der Waals surface area contributed by atoms with E-state index in [1.165, 1.54) is 11.1 Å². The molecule has 0 saturated carbocycles. The van der Waals surface area contributed by atoms with Crippen LogP contribution in [0.2, 0.25) is 0 Å². The van der Waals surface area contributed by atoms with Gasteiger partial charge in [-0.15, -0.1) is 0 Å². The van der Waals surface area contributed by atoms with Crippen LogP contribution in [0.1, 0.15) is 25.0 Å². The Morgan fingerprint density at radius 1 is 1.40 bits per heavy atom. The topological polar surface area (TPSA) is 21.3 Å². The van der Waals surface area contributed by atoms with Crippen molar-refractivity contribution in [3.05, 3.63) is 35.4 Å². The smallest absolute Gasteiger partial charge is 0.0616 e. The zero-order chi connectivity index (χ0) is 11.1. The molecule has 0 aliphatic carbocycles. The van der Waals surface area contributed by atoms with Crippen LogP contribution >= 0.6 is 0 Å². The van der Waals surface area contributed by atoms with Crippen molar-refractivity contribution in [2.75, 3.05) is 13.2 Å². The summed E-state index contributed by atoms with van der Waals surface area (Å²) >= 11 is 0. The monoisotopic (exact) mass is 207 g/mol. The predicted molar refractivity (Wildman–Crippen MR) is 64.0 cm³/mol. The Hall–Kier alpha value is -0.860. The molecule has 0 spiro atoms. The van der Waals surface area contributed by atoms with Gasteiger partial charge >= 0.3 is 0 Å². The molecule has 0 bridgehead atoms. The average Bonchev–Trinajstić information content (AvgIpc) is 2.23. The number of nitrogens with one attached hydrogen (secondary N) is 1. The van der Waals surface area contributed by atoms with E-state index in [-0.39, 0.29) is 0 Å². The van der Waals surface area contributed by atoms with Crippen molar-refractivity contribution in [1.29, 1.82) is 0 Å². The molecule has 0 heterocycles. The molecule has 0 amide bonds. The van der Waals surface area contributed by atoms with E-state index in [1.54, 1.807) is 0 Å². The van der Waals surface area contributed by atoms with Gasteiger partial charge in [-0.2, -0.15) is 0 Å². The summed E-state index contributed by atoms with van der Waals surface area (Å²) in [5.41, 5.74) is 2.64. The molecule has 1 aromatic carbocycles. The SMILES string of the molecule is CCOCC(C)NCc1cccc(C)c1. The molecule has 0 fully saturated rings. The third-order valence-corrected chi connectivity index (χ3v) is 2.31. The number of aryl methyl sites for hydroxylation is 1. The quantitative estimate of drug-likeness (QED) is 0.774. The van der Waals surface area contributed by atoms with Crippen molar-refractivity contribution in [3.8, 4) is 0 Å². The highest BCUT2D eigenvalue weighted by Gasteiger charge is 2.00.